The molecule has 1 aromatic heterocycles. The van der Waals surface area contributed by atoms with E-state index in [1.165, 1.54) is 6.33 Å². The van der Waals surface area contributed by atoms with E-state index in [0.29, 0.717) is 37.0 Å². The molecule has 33 heavy (non-hydrogen) atoms. The molecule has 172 valence electrons. The predicted molar refractivity (Wildman–Crippen MR) is 128 cm³/mol. The maximum absolute atomic E-state index is 13.4. The lowest BCUT2D eigenvalue weighted by Gasteiger charge is -2.41. The third-order valence-corrected chi connectivity index (χ3v) is 6.05. The quantitative estimate of drug-likeness (QED) is 0.532. The summed E-state index contributed by atoms with van der Waals surface area (Å²) in [5.41, 5.74) is 1.08. The molecule has 2 aromatic carbocycles. The molecule has 0 spiro atoms. The molecule has 0 bridgehead atoms. The second-order valence-electron chi connectivity index (χ2n) is 8.17. The van der Waals surface area contributed by atoms with Crippen LogP contribution >= 0.6 is 0 Å². The monoisotopic (exact) mass is 446 g/mol. The molecule has 1 aliphatic heterocycles. The number of carbonyl (C=O) groups is 1. The van der Waals surface area contributed by atoms with Gasteiger partial charge in [0.25, 0.3) is 0 Å². The Morgan fingerprint density at radius 2 is 1.79 bits per heavy atom. The summed E-state index contributed by atoms with van der Waals surface area (Å²) in [5.74, 6) is 2.55. The van der Waals surface area contributed by atoms with Crippen molar-refractivity contribution < 1.29 is 14.3 Å². The van der Waals surface area contributed by atoms with Gasteiger partial charge in [-0.1, -0.05) is 49.4 Å². The highest BCUT2D eigenvalue weighted by molar-refractivity contribution is 5.84. The lowest BCUT2D eigenvalue weighted by Crippen LogP contribution is -2.55. The number of methoxy groups -OCH3 is 1. The van der Waals surface area contributed by atoms with Gasteiger partial charge in [0, 0.05) is 31.7 Å². The van der Waals surface area contributed by atoms with Crippen molar-refractivity contribution in [2.75, 3.05) is 31.6 Å². The van der Waals surface area contributed by atoms with Gasteiger partial charge in [-0.25, -0.2) is 9.97 Å². The van der Waals surface area contributed by atoms with Crippen molar-refractivity contribution >= 4 is 11.7 Å². The van der Waals surface area contributed by atoms with Crippen molar-refractivity contribution in [3.05, 3.63) is 72.6 Å². The lowest BCUT2D eigenvalue weighted by molar-refractivity contribution is -0.135. The molecule has 0 N–H and O–H groups in total. The van der Waals surface area contributed by atoms with Crippen LogP contribution in [0.1, 0.15) is 31.7 Å². The zero-order chi connectivity index (χ0) is 23.2. The molecular weight excluding hydrogens is 416 g/mol. The van der Waals surface area contributed by atoms with E-state index < -0.39 is 0 Å². The molecule has 3 aromatic rings. The number of hydrogen-bond donors (Lipinski definition) is 0. The van der Waals surface area contributed by atoms with Gasteiger partial charge in [0.05, 0.1) is 13.0 Å². The Bertz CT molecular complexity index is 1080. The minimum atomic E-state index is -0.111. The number of benzene rings is 2. The topological polar surface area (TPSA) is 67.8 Å². The molecule has 7 heteroatoms. The van der Waals surface area contributed by atoms with Gasteiger partial charge in [-0.05, 0) is 31.0 Å². The maximum atomic E-state index is 13.4. The van der Waals surface area contributed by atoms with E-state index in [1.54, 1.807) is 7.11 Å². The van der Waals surface area contributed by atoms with Gasteiger partial charge in [0.2, 0.25) is 11.8 Å². The predicted octanol–water partition coefficient (Wildman–Crippen LogP) is 4.51. The summed E-state index contributed by atoms with van der Waals surface area (Å²) < 4.78 is 11.3. The Morgan fingerprint density at radius 1 is 1.06 bits per heavy atom. The van der Waals surface area contributed by atoms with Gasteiger partial charge in [0.1, 0.15) is 12.1 Å². The molecule has 7 nitrogen and oxygen atoms in total. The standard InChI is InChI=1S/C26H30N4O3/c1-4-21(20-10-6-5-7-11-20)26(31)30-15-14-29(17-19(30)2)24-16-25(28-18-27-24)33-23-13-9-8-12-22(23)32-3/h5-13,16,18-19,21H,4,14-15,17H2,1-3H3. The van der Waals surface area contributed by atoms with Crippen molar-refractivity contribution in [3.8, 4) is 17.4 Å². The van der Waals surface area contributed by atoms with Crippen LogP contribution in [0.4, 0.5) is 5.82 Å². The molecule has 1 fully saturated rings. The summed E-state index contributed by atoms with van der Waals surface area (Å²) in [6, 6.07) is 19.4. The first-order valence-electron chi connectivity index (χ1n) is 11.3. The van der Waals surface area contributed by atoms with Gasteiger partial charge in [-0.15, -0.1) is 0 Å². The highest BCUT2D eigenvalue weighted by atomic mass is 16.5. The fraction of sp³-hybridized carbons (Fsp3) is 0.346. The molecule has 0 radical (unpaired) electrons. The van der Waals surface area contributed by atoms with Crippen LogP contribution in [0.5, 0.6) is 17.4 Å². The third kappa shape index (κ3) is 5.08. The summed E-state index contributed by atoms with van der Waals surface area (Å²) in [4.78, 5) is 26.2. The van der Waals surface area contributed by atoms with E-state index in [4.69, 9.17) is 9.47 Å². The number of hydrogen-bond acceptors (Lipinski definition) is 6. The van der Waals surface area contributed by atoms with E-state index >= 15 is 0 Å². The van der Waals surface area contributed by atoms with Crippen LogP contribution in [0.2, 0.25) is 0 Å². The van der Waals surface area contributed by atoms with E-state index in [0.717, 1.165) is 17.8 Å². The van der Waals surface area contributed by atoms with Crippen LogP contribution in [0, 0.1) is 0 Å². The highest BCUT2D eigenvalue weighted by Crippen LogP contribution is 2.31. The summed E-state index contributed by atoms with van der Waals surface area (Å²) in [6.07, 6.45) is 2.29. The normalized spacial score (nSPS) is 16.9. The molecule has 1 saturated heterocycles. The van der Waals surface area contributed by atoms with Crippen LogP contribution in [0.3, 0.4) is 0 Å². The first-order valence-corrected chi connectivity index (χ1v) is 11.3. The van der Waals surface area contributed by atoms with Gasteiger partial charge < -0.3 is 19.3 Å². The number of amides is 1. The van der Waals surface area contributed by atoms with Crippen LogP contribution in [0.25, 0.3) is 0 Å². The van der Waals surface area contributed by atoms with Crippen molar-refractivity contribution in [1.29, 1.82) is 0 Å². The van der Waals surface area contributed by atoms with E-state index in [-0.39, 0.29) is 17.9 Å². The van der Waals surface area contributed by atoms with Gasteiger partial charge >= 0.3 is 0 Å². The van der Waals surface area contributed by atoms with Gasteiger partial charge in [0.15, 0.2) is 11.5 Å². The Balaban J connectivity index is 1.44. The summed E-state index contributed by atoms with van der Waals surface area (Å²) in [5, 5.41) is 0. The van der Waals surface area contributed by atoms with E-state index in [9.17, 15) is 4.79 Å². The average molecular weight is 447 g/mol. The molecule has 0 aliphatic carbocycles. The van der Waals surface area contributed by atoms with Crippen LogP contribution < -0.4 is 14.4 Å². The fourth-order valence-electron chi connectivity index (χ4n) is 4.31. The molecule has 1 aliphatic rings. The number of para-hydroxylation sites is 2. The molecule has 0 saturated carbocycles. The zero-order valence-corrected chi connectivity index (χ0v) is 19.3. The number of aromatic nitrogens is 2. The average Bonchev–Trinajstić information content (AvgIpc) is 2.85. The van der Waals surface area contributed by atoms with Crippen LogP contribution in [0.15, 0.2) is 67.0 Å². The number of piperazine rings is 1. The molecule has 4 rings (SSSR count). The van der Waals surface area contributed by atoms with Crippen molar-refractivity contribution in [2.45, 2.75) is 32.2 Å². The number of rotatable bonds is 7. The van der Waals surface area contributed by atoms with Crippen LogP contribution in [-0.2, 0) is 4.79 Å². The first kappa shape index (κ1) is 22.6. The SMILES string of the molecule is CCC(C(=O)N1CCN(c2cc(Oc3ccccc3OC)ncn2)CC1C)c1ccccc1. The molecule has 2 heterocycles. The minimum absolute atomic E-state index is 0.0672. The van der Waals surface area contributed by atoms with E-state index in [2.05, 4.69) is 28.7 Å². The van der Waals surface area contributed by atoms with Crippen LogP contribution in [-0.4, -0.2) is 53.6 Å². The van der Waals surface area contributed by atoms with Crippen molar-refractivity contribution in [3.63, 3.8) is 0 Å². The molecule has 2 atom stereocenters. The second kappa shape index (κ2) is 10.3. The highest BCUT2D eigenvalue weighted by Gasteiger charge is 2.32. The van der Waals surface area contributed by atoms with Gasteiger partial charge in [-0.2, -0.15) is 0 Å². The number of nitrogens with zero attached hydrogens (tertiary/aromatic N) is 4. The molecule has 2 unspecified atom stereocenters. The van der Waals surface area contributed by atoms with Crippen molar-refractivity contribution in [1.82, 2.24) is 14.9 Å². The Hall–Kier alpha value is -3.61. The first-order chi connectivity index (χ1) is 16.1. The fourth-order valence-corrected chi connectivity index (χ4v) is 4.31. The third-order valence-electron chi connectivity index (χ3n) is 6.05. The minimum Gasteiger partial charge on any atom is -0.493 e. The van der Waals surface area contributed by atoms with Crippen molar-refractivity contribution in [2.24, 2.45) is 0 Å². The number of anilines is 1. The zero-order valence-electron chi connectivity index (χ0n) is 19.3. The summed E-state index contributed by atoms with van der Waals surface area (Å²) in [7, 11) is 1.61. The Labute approximate surface area is 195 Å². The lowest BCUT2D eigenvalue weighted by atomic mass is 9.94. The van der Waals surface area contributed by atoms with Gasteiger partial charge in [-0.3, -0.25) is 4.79 Å². The van der Waals surface area contributed by atoms with E-state index in [1.807, 2.05) is 65.6 Å². The Kier molecular flexibility index (Phi) is 7.07. The summed E-state index contributed by atoms with van der Waals surface area (Å²) >= 11 is 0. The maximum Gasteiger partial charge on any atom is 0.230 e. The second-order valence-corrected chi connectivity index (χ2v) is 8.17. The summed E-state index contributed by atoms with van der Waals surface area (Å²) in [6.45, 7) is 6.21. The molecule has 1 amide bonds. The number of carbonyl (C=O) groups excluding carboxylic acids is 1. The smallest absolute Gasteiger partial charge is 0.230 e. The Morgan fingerprint density at radius 3 is 2.48 bits per heavy atom. The largest absolute Gasteiger partial charge is 0.493 e. The molecular formula is C26H30N4O3. The number of ether oxygens (including phenoxy) is 2.